The molecule has 1 aromatic rings. The maximum atomic E-state index is 11.6. The zero-order valence-corrected chi connectivity index (χ0v) is 11.3. The Morgan fingerprint density at radius 2 is 1.94 bits per heavy atom. The van der Waals surface area contributed by atoms with Crippen molar-refractivity contribution >= 4 is 10.0 Å². The Balaban J connectivity index is 2.98. The molecular formula is C10H19N3O2S. The Kier molecular flexibility index (Phi) is 3.75. The molecule has 1 aromatic heterocycles. The molecule has 0 saturated heterocycles. The number of rotatable bonds is 4. The van der Waals surface area contributed by atoms with Crippen molar-refractivity contribution in [3.05, 3.63) is 17.0 Å². The van der Waals surface area contributed by atoms with E-state index in [0.717, 1.165) is 17.0 Å². The largest absolute Gasteiger partial charge is 0.272 e. The third-order valence-electron chi connectivity index (χ3n) is 2.88. The molecule has 0 unspecified atom stereocenters. The second-order valence-electron chi connectivity index (χ2n) is 3.93. The molecule has 0 aliphatic rings. The van der Waals surface area contributed by atoms with Gasteiger partial charge >= 0.3 is 0 Å². The van der Waals surface area contributed by atoms with E-state index < -0.39 is 10.0 Å². The number of hydrogen-bond acceptors (Lipinski definition) is 3. The third-order valence-corrected chi connectivity index (χ3v) is 4.69. The molecule has 0 atom stereocenters. The van der Waals surface area contributed by atoms with E-state index in [9.17, 15) is 8.42 Å². The van der Waals surface area contributed by atoms with Gasteiger partial charge < -0.3 is 0 Å². The maximum absolute atomic E-state index is 11.6. The topological polar surface area (TPSA) is 55.2 Å². The Labute approximate surface area is 97.1 Å². The molecule has 0 bridgehead atoms. The van der Waals surface area contributed by atoms with Crippen LogP contribution in [0.5, 0.6) is 0 Å². The van der Waals surface area contributed by atoms with Crippen molar-refractivity contribution in [2.45, 2.75) is 27.3 Å². The summed E-state index contributed by atoms with van der Waals surface area (Å²) in [6.45, 7) is 5.88. The zero-order valence-electron chi connectivity index (χ0n) is 10.5. The van der Waals surface area contributed by atoms with Crippen LogP contribution < -0.4 is 0 Å². The van der Waals surface area contributed by atoms with Crippen molar-refractivity contribution in [2.24, 2.45) is 7.05 Å². The SMILES string of the molecule is CCS(=O)(=O)N(C)Cc1c(C)nn(C)c1C. The lowest BCUT2D eigenvalue weighted by Crippen LogP contribution is -2.28. The molecule has 0 radical (unpaired) electrons. The highest BCUT2D eigenvalue weighted by Gasteiger charge is 2.19. The molecule has 5 nitrogen and oxygen atoms in total. The van der Waals surface area contributed by atoms with Crippen LogP contribution in [0.2, 0.25) is 0 Å². The van der Waals surface area contributed by atoms with E-state index in [1.54, 1.807) is 18.7 Å². The fraction of sp³-hybridized carbons (Fsp3) is 0.700. The average molecular weight is 245 g/mol. The summed E-state index contributed by atoms with van der Waals surface area (Å²) >= 11 is 0. The summed E-state index contributed by atoms with van der Waals surface area (Å²) in [5.74, 6) is 0.127. The average Bonchev–Trinajstić information content (AvgIpc) is 2.45. The number of sulfonamides is 1. The lowest BCUT2D eigenvalue weighted by Gasteiger charge is -2.16. The van der Waals surface area contributed by atoms with Crippen LogP contribution in [0.4, 0.5) is 0 Å². The Morgan fingerprint density at radius 3 is 2.31 bits per heavy atom. The molecule has 0 spiro atoms. The van der Waals surface area contributed by atoms with Gasteiger partial charge in [-0.2, -0.15) is 5.10 Å². The number of nitrogens with zero attached hydrogens (tertiary/aromatic N) is 3. The zero-order chi connectivity index (χ0) is 12.5. The second kappa shape index (κ2) is 4.55. The minimum absolute atomic E-state index is 0.127. The van der Waals surface area contributed by atoms with Gasteiger partial charge in [0.05, 0.1) is 11.4 Å². The standard InChI is InChI=1S/C10H19N3O2S/c1-6-16(14,15)12(4)7-10-8(2)11-13(5)9(10)3/h6-7H2,1-5H3. The molecule has 0 saturated carbocycles. The first-order valence-electron chi connectivity index (χ1n) is 5.22. The van der Waals surface area contributed by atoms with Gasteiger partial charge in [0.25, 0.3) is 0 Å². The summed E-state index contributed by atoms with van der Waals surface area (Å²) < 4.78 is 26.4. The predicted molar refractivity (Wildman–Crippen MR) is 63.6 cm³/mol. The van der Waals surface area contributed by atoms with Crippen LogP contribution in [0.3, 0.4) is 0 Å². The molecule has 0 amide bonds. The molecule has 1 rings (SSSR count). The van der Waals surface area contributed by atoms with Gasteiger partial charge in [0.2, 0.25) is 10.0 Å². The molecule has 1 heterocycles. The van der Waals surface area contributed by atoms with Crippen LogP contribution in [0.25, 0.3) is 0 Å². The molecular weight excluding hydrogens is 226 g/mol. The third kappa shape index (κ3) is 2.44. The van der Waals surface area contributed by atoms with Gasteiger partial charge in [-0.1, -0.05) is 0 Å². The van der Waals surface area contributed by atoms with Gasteiger partial charge in [0, 0.05) is 31.9 Å². The first kappa shape index (κ1) is 13.2. The van der Waals surface area contributed by atoms with Crippen LogP contribution in [-0.2, 0) is 23.6 Å². The van der Waals surface area contributed by atoms with E-state index in [1.165, 1.54) is 4.31 Å². The van der Waals surface area contributed by atoms with Crippen LogP contribution in [0, 0.1) is 13.8 Å². The number of aryl methyl sites for hydroxylation is 2. The van der Waals surface area contributed by atoms with Crippen molar-refractivity contribution in [3.8, 4) is 0 Å². The first-order valence-corrected chi connectivity index (χ1v) is 6.83. The smallest absolute Gasteiger partial charge is 0.213 e. The molecule has 0 aliphatic carbocycles. The summed E-state index contributed by atoms with van der Waals surface area (Å²) in [5, 5.41) is 4.27. The molecule has 0 N–H and O–H groups in total. The number of hydrogen-bond donors (Lipinski definition) is 0. The van der Waals surface area contributed by atoms with Crippen molar-refractivity contribution in [3.63, 3.8) is 0 Å². The first-order chi connectivity index (χ1) is 7.29. The van der Waals surface area contributed by atoms with Crippen LogP contribution >= 0.6 is 0 Å². The highest BCUT2D eigenvalue weighted by atomic mass is 32.2. The van der Waals surface area contributed by atoms with Crippen molar-refractivity contribution < 1.29 is 8.42 Å². The highest BCUT2D eigenvalue weighted by molar-refractivity contribution is 7.89. The summed E-state index contributed by atoms with van der Waals surface area (Å²) in [6, 6.07) is 0. The van der Waals surface area contributed by atoms with Crippen LogP contribution in [0.1, 0.15) is 23.9 Å². The van der Waals surface area contributed by atoms with Crippen molar-refractivity contribution in [1.82, 2.24) is 14.1 Å². The second-order valence-corrected chi connectivity index (χ2v) is 6.29. The lowest BCUT2D eigenvalue weighted by molar-refractivity contribution is 0.466. The normalized spacial score (nSPS) is 12.4. The van der Waals surface area contributed by atoms with Crippen molar-refractivity contribution in [1.29, 1.82) is 0 Å². The van der Waals surface area contributed by atoms with E-state index in [-0.39, 0.29) is 5.75 Å². The fourth-order valence-corrected chi connectivity index (χ4v) is 2.35. The minimum Gasteiger partial charge on any atom is -0.272 e. The molecule has 6 heteroatoms. The highest BCUT2D eigenvalue weighted by Crippen LogP contribution is 2.15. The van der Waals surface area contributed by atoms with E-state index in [2.05, 4.69) is 5.10 Å². The van der Waals surface area contributed by atoms with Gasteiger partial charge in [-0.15, -0.1) is 0 Å². The van der Waals surface area contributed by atoms with Gasteiger partial charge in [0.1, 0.15) is 0 Å². The summed E-state index contributed by atoms with van der Waals surface area (Å²) in [6.07, 6.45) is 0. The molecule has 92 valence electrons. The summed E-state index contributed by atoms with van der Waals surface area (Å²) in [4.78, 5) is 0. The fourth-order valence-electron chi connectivity index (χ4n) is 1.59. The van der Waals surface area contributed by atoms with Gasteiger partial charge in [-0.25, -0.2) is 12.7 Å². The number of aromatic nitrogens is 2. The molecule has 0 aliphatic heterocycles. The Hall–Kier alpha value is -0.880. The Morgan fingerprint density at radius 1 is 1.38 bits per heavy atom. The lowest BCUT2D eigenvalue weighted by atomic mass is 10.2. The van der Waals surface area contributed by atoms with Gasteiger partial charge in [-0.05, 0) is 20.8 Å². The quantitative estimate of drug-likeness (QED) is 0.789. The Bertz CT molecular complexity index is 476. The summed E-state index contributed by atoms with van der Waals surface area (Å²) in [7, 11) is 0.339. The predicted octanol–water partition coefficient (Wildman–Crippen LogP) is 0.818. The van der Waals surface area contributed by atoms with Crippen molar-refractivity contribution in [2.75, 3.05) is 12.8 Å². The van der Waals surface area contributed by atoms with Crippen LogP contribution in [0.15, 0.2) is 0 Å². The molecule has 0 fully saturated rings. The molecule has 16 heavy (non-hydrogen) atoms. The maximum Gasteiger partial charge on any atom is 0.213 e. The molecule has 0 aromatic carbocycles. The van der Waals surface area contributed by atoms with E-state index in [4.69, 9.17) is 0 Å². The summed E-state index contributed by atoms with van der Waals surface area (Å²) in [5.41, 5.74) is 2.89. The minimum atomic E-state index is -3.12. The van der Waals surface area contributed by atoms with E-state index in [0.29, 0.717) is 6.54 Å². The van der Waals surface area contributed by atoms with E-state index in [1.807, 2.05) is 20.9 Å². The monoisotopic (exact) mass is 245 g/mol. The van der Waals surface area contributed by atoms with Crippen LogP contribution in [-0.4, -0.2) is 35.3 Å². The van der Waals surface area contributed by atoms with E-state index >= 15 is 0 Å². The van der Waals surface area contributed by atoms with Gasteiger partial charge in [-0.3, -0.25) is 4.68 Å². The van der Waals surface area contributed by atoms with Gasteiger partial charge in [0.15, 0.2) is 0 Å².